The molecular weight excluding hydrogens is 330 g/mol. The molecule has 0 bridgehead atoms. The molecule has 1 atom stereocenters. The number of benzene rings is 2. The molecule has 2 amide bonds. The van der Waals surface area contributed by atoms with Gasteiger partial charge in [-0.25, -0.2) is 4.79 Å². The topological polar surface area (TPSA) is 79.8 Å². The SMILES string of the molecule is CCCC1=NC(NC(=O)OCc2ccccc2)C(=O)Nc2ccccc21. The number of anilines is 1. The highest BCUT2D eigenvalue weighted by atomic mass is 16.5. The molecule has 0 spiro atoms. The van der Waals surface area contributed by atoms with E-state index in [4.69, 9.17) is 4.74 Å². The van der Waals surface area contributed by atoms with Crippen LogP contribution in [0, 0.1) is 0 Å². The molecule has 1 aliphatic heterocycles. The fourth-order valence-electron chi connectivity index (χ4n) is 2.74. The number of para-hydroxylation sites is 1. The average Bonchev–Trinajstić information content (AvgIpc) is 2.78. The Balaban J connectivity index is 1.71. The third kappa shape index (κ3) is 4.27. The molecule has 134 valence electrons. The van der Waals surface area contributed by atoms with Crippen LogP contribution in [0.25, 0.3) is 0 Å². The standard InChI is InChI=1S/C20H21N3O3/c1-2-8-16-15-11-6-7-12-17(15)22-19(24)18(21-16)23-20(25)26-13-14-9-4-3-5-10-14/h3-7,9-12,18H,2,8,13H2,1H3,(H,22,24)(H,23,25). The van der Waals surface area contributed by atoms with E-state index in [0.717, 1.165) is 23.3 Å². The van der Waals surface area contributed by atoms with Crippen LogP contribution < -0.4 is 10.6 Å². The number of benzodiazepines with no additional fused rings is 1. The van der Waals surface area contributed by atoms with Crippen molar-refractivity contribution in [1.82, 2.24) is 5.32 Å². The minimum Gasteiger partial charge on any atom is -0.445 e. The van der Waals surface area contributed by atoms with E-state index in [1.807, 2.05) is 61.5 Å². The lowest BCUT2D eigenvalue weighted by Gasteiger charge is -2.13. The van der Waals surface area contributed by atoms with E-state index in [2.05, 4.69) is 15.6 Å². The van der Waals surface area contributed by atoms with Crippen molar-refractivity contribution in [1.29, 1.82) is 0 Å². The molecule has 2 N–H and O–H groups in total. The average molecular weight is 351 g/mol. The molecule has 1 heterocycles. The fraction of sp³-hybridized carbons (Fsp3) is 0.250. The lowest BCUT2D eigenvalue weighted by Crippen LogP contribution is -2.42. The Morgan fingerprint density at radius 3 is 2.65 bits per heavy atom. The summed E-state index contributed by atoms with van der Waals surface area (Å²) in [6.07, 6.45) is -0.109. The number of ether oxygens (including phenoxy) is 1. The zero-order chi connectivity index (χ0) is 18.4. The maximum Gasteiger partial charge on any atom is 0.409 e. The lowest BCUT2D eigenvalue weighted by molar-refractivity contribution is -0.117. The van der Waals surface area contributed by atoms with Gasteiger partial charge in [0, 0.05) is 17.0 Å². The highest BCUT2D eigenvalue weighted by molar-refractivity contribution is 6.12. The summed E-state index contributed by atoms with van der Waals surface area (Å²) >= 11 is 0. The molecule has 0 saturated carbocycles. The first-order valence-electron chi connectivity index (χ1n) is 8.61. The number of rotatable bonds is 5. The molecule has 1 unspecified atom stereocenters. The lowest BCUT2D eigenvalue weighted by atomic mass is 10.0. The largest absolute Gasteiger partial charge is 0.445 e. The van der Waals surface area contributed by atoms with Crippen molar-refractivity contribution in [3.8, 4) is 0 Å². The van der Waals surface area contributed by atoms with Gasteiger partial charge in [-0.05, 0) is 18.1 Å². The van der Waals surface area contributed by atoms with Crippen molar-refractivity contribution in [2.75, 3.05) is 5.32 Å². The van der Waals surface area contributed by atoms with Gasteiger partial charge in [-0.15, -0.1) is 0 Å². The van der Waals surface area contributed by atoms with Gasteiger partial charge < -0.3 is 10.1 Å². The molecule has 0 aliphatic carbocycles. The smallest absolute Gasteiger partial charge is 0.409 e. The number of nitrogens with one attached hydrogen (secondary N) is 2. The van der Waals surface area contributed by atoms with Crippen LogP contribution in [-0.2, 0) is 16.1 Å². The van der Waals surface area contributed by atoms with Crippen molar-refractivity contribution in [2.45, 2.75) is 32.5 Å². The van der Waals surface area contributed by atoms with Crippen molar-refractivity contribution in [3.63, 3.8) is 0 Å². The van der Waals surface area contributed by atoms with E-state index in [1.54, 1.807) is 0 Å². The van der Waals surface area contributed by atoms with Gasteiger partial charge in [-0.3, -0.25) is 15.1 Å². The molecule has 2 aromatic carbocycles. The van der Waals surface area contributed by atoms with Crippen LogP contribution in [-0.4, -0.2) is 23.9 Å². The van der Waals surface area contributed by atoms with E-state index in [1.165, 1.54) is 0 Å². The molecule has 6 nitrogen and oxygen atoms in total. The molecule has 0 saturated heterocycles. The highest BCUT2D eigenvalue weighted by Gasteiger charge is 2.26. The number of nitrogens with zero attached hydrogens (tertiary/aromatic N) is 1. The fourth-order valence-corrected chi connectivity index (χ4v) is 2.74. The second kappa shape index (κ2) is 8.29. The second-order valence-corrected chi connectivity index (χ2v) is 5.97. The van der Waals surface area contributed by atoms with E-state index >= 15 is 0 Å². The van der Waals surface area contributed by atoms with Crippen LogP contribution in [0.4, 0.5) is 10.5 Å². The van der Waals surface area contributed by atoms with Gasteiger partial charge >= 0.3 is 6.09 Å². The number of fused-ring (bicyclic) bond motifs is 1. The number of carbonyl (C=O) groups is 2. The minimum absolute atomic E-state index is 0.132. The molecule has 0 fully saturated rings. The number of aliphatic imine (C=N–C) groups is 1. The van der Waals surface area contributed by atoms with E-state index in [0.29, 0.717) is 12.1 Å². The molecule has 3 rings (SSSR count). The molecule has 1 aliphatic rings. The Kier molecular flexibility index (Phi) is 5.63. The molecule has 2 aromatic rings. The van der Waals surface area contributed by atoms with Crippen LogP contribution in [0.3, 0.4) is 0 Å². The van der Waals surface area contributed by atoms with Gasteiger partial charge in [0.15, 0.2) is 0 Å². The van der Waals surface area contributed by atoms with Crippen molar-refractivity contribution < 1.29 is 14.3 Å². The Morgan fingerprint density at radius 1 is 1.15 bits per heavy atom. The maximum absolute atomic E-state index is 12.4. The second-order valence-electron chi connectivity index (χ2n) is 5.97. The Labute approximate surface area is 152 Å². The van der Waals surface area contributed by atoms with Gasteiger partial charge in [-0.1, -0.05) is 61.9 Å². The predicted octanol–water partition coefficient (Wildman–Crippen LogP) is 3.48. The monoisotopic (exact) mass is 351 g/mol. The van der Waals surface area contributed by atoms with Gasteiger partial charge in [0.1, 0.15) is 6.61 Å². The first-order valence-corrected chi connectivity index (χ1v) is 8.61. The number of carbonyl (C=O) groups excluding carboxylic acids is 2. The zero-order valence-corrected chi connectivity index (χ0v) is 14.6. The van der Waals surface area contributed by atoms with E-state index in [9.17, 15) is 9.59 Å². The van der Waals surface area contributed by atoms with Gasteiger partial charge in [0.05, 0.1) is 0 Å². The van der Waals surface area contributed by atoms with Crippen molar-refractivity contribution in [2.24, 2.45) is 4.99 Å². The molecule has 26 heavy (non-hydrogen) atoms. The van der Waals surface area contributed by atoms with Crippen LogP contribution in [0.5, 0.6) is 0 Å². The summed E-state index contributed by atoms with van der Waals surface area (Å²) in [5.41, 5.74) is 3.24. The number of hydrogen-bond donors (Lipinski definition) is 2. The van der Waals surface area contributed by atoms with Crippen LogP contribution in [0.15, 0.2) is 59.6 Å². The summed E-state index contributed by atoms with van der Waals surface area (Å²) in [6, 6.07) is 16.8. The molecule has 0 aromatic heterocycles. The van der Waals surface area contributed by atoms with Crippen LogP contribution >= 0.6 is 0 Å². The number of amides is 2. The molecular formula is C20H21N3O3. The summed E-state index contributed by atoms with van der Waals surface area (Å²) in [6.45, 7) is 2.18. The predicted molar refractivity (Wildman–Crippen MR) is 100 cm³/mol. The summed E-state index contributed by atoms with van der Waals surface area (Å²) in [7, 11) is 0. The summed E-state index contributed by atoms with van der Waals surface area (Å²) in [5, 5.41) is 5.36. The third-order valence-corrected chi connectivity index (χ3v) is 3.98. The Morgan fingerprint density at radius 2 is 1.88 bits per heavy atom. The molecule has 6 heteroatoms. The summed E-state index contributed by atoms with van der Waals surface area (Å²) in [4.78, 5) is 29.0. The highest BCUT2D eigenvalue weighted by Crippen LogP contribution is 2.22. The summed E-state index contributed by atoms with van der Waals surface area (Å²) in [5.74, 6) is -0.389. The van der Waals surface area contributed by atoms with E-state index in [-0.39, 0.29) is 12.5 Å². The van der Waals surface area contributed by atoms with Crippen LogP contribution in [0.2, 0.25) is 0 Å². The third-order valence-electron chi connectivity index (χ3n) is 3.98. The van der Waals surface area contributed by atoms with Gasteiger partial charge in [-0.2, -0.15) is 0 Å². The number of alkyl carbamates (subject to hydrolysis) is 1. The van der Waals surface area contributed by atoms with Crippen molar-refractivity contribution in [3.05, 3.63) is 65.7 Å². The minimum atomic E-state index is -1.02. The Bertz CT molecular complexity index is 818. The molecule has 0 radical (unpaired) electrons. The van der Waals surface area contributed by atoms with Gasteiger partial charge in [0.2, 0.25) is 6.17 Å². The van der Waals surface area contributed by atoms with Crippen molar-refractivity contribution >= 4 is 23.4 Å². The maximum atomic E-state index is 12.4. The van der Waals surface area contributed by atoms with Crippen LogP contribution in [0.1, 0.15) is 30.9 Å². The quantitative estimate of drug-likeness (QED) is 0.865. The summed E-state index contributed by atoms with van der Waals surface area (Å²) < 4.78 is 5.19. The van der Waals surface area contributed by atoms with E-state index < -0.39 is 12.3 Å². The van der Waals surface area contributed by atoms with Gasteiger partial charge in [0.25, 0.3) is 5.91 Å². The first-order chi connectivity index (χ1) is 12.7. The zero-order valence-electron chi connectivity index (χ0n) is 14.6. The number of hydrogen-bond acceptors (Lipinski definition) is 4. The Hall–Kier alpha value is -3.15. The normalized spacial score (nSPS) is 16.0. The first kappa shape index (κ1) is 17.7.